The maximum absolute atomic E-state index is 13.0. The van der Waals surface area contributed by atoms with Gasteiger partial charge in [-0.2, -0.15) is 0 Å². The molecule has 140 valence electrons. The Bertz CT molecular complexity index is 715. The quantitative estimate of drug-likeness (QED) is 0.597. The summed E-state index contributed by atoms with van der Waals surface area (Å²) in [6.45, 7) is 2.48. The Balaban J connectivity index is 1.76. The number of thioether (sulfide) groups is 1. The minimum Gasteiger partial charge on any atom is -0.396 e. The van der Waals surface area contributed by atoms with Crippen molar-refractivity contribution in [3.63, 3.8) is 0 Å². The highest BCUT2D eigenvalue weighted by Gasteiger charge is 2.41. The van der Waals surface area contributed by atoms with Gasteiger partial charge in [-0.15, -0.1) is 11.3 Å². The van der Waals surface area contributed by atoms with Crippen molar-refractivity contribution in [1.82, 2.24) is 9.80 Å². The van der Waals surface area contributed by atoms with Crippen LogP contribution in [0.3, 0.4) is 0 Å². The lowest BCUT2D eigenvalue weighted by Crippen LogP contribution is -2.53. The van der Waals surface area contributed by atoms with E-state index in [1.54, 1.807) is 18.3 Å². The number of likely N-dealkylation sites (tertiary alicyclic amines) is 1. The van der Waals surface area contributed by atoms with E-state index >= 15 is 0 Å². The molecule has 0 unspecified atom stereocenters. The molecule has 1 N–H and O–H groups in total. The number of amides is 2. The highest BCUT2D eigenvalue weighted by molar-refractivity contribution is 8.26. The van der Waals surface area contributed by atoms with Gasteiger partial charge in [-0.1, -0.05) is 30.0 Å². The molecule has 2 fully saturated rings. The van der Waals surface area contributed by atoms with E-state index in [2.05, 4.69) is 0 Å². The molecule has 1 aromatic heterocycles. The predicted octanol–water partition coefficient (Wildman–Crippen LogP) is 3.10. The lowest BCUT2D eigenvalue weighted by atomic mass is 9.98. The largest absolute Gasteiger partial charge is 0.396 e. The fourth-order valence-electron chi connectivity index (χ4n) is 3.41. The van der Waals surface area contributed by atoms with Crippen LogP contribution in [0.4, 0.5) is 0 Å². The maximum Gasteiger partial charge on any atom is 0.266 e. The molecule has 2 amide bonds. The van der Waals surface area contributed by atoms with Crippen molar-refractivity contribution in [3.8, 4) is 0 Å². The molecule has 2 aliphatic heterocycles. The maximum atomic E-state index is 13.0. The standard InChI is InChI=1S/C18H22N2O3S3/c1-12(16(22)19-8-3-2-5-13(19)7-9-21)20-17(23)15(26-18(20)24)11-14-6-4-10-25-14/h4,6,10-13,21H,2-3,5,7-9H2,1H3/b15-11-/t12-,13-/m0/s1. The summed E-state index contributed by atoms with van der Waals surface area (Å²) in [5.41, 5.74) is 0. The summed E-state index contributed by atoms with van der Waals surface area (Å²) in [6, 6.07) is 3.29. The number of carbonyl (C=O) groups excluding carboxylic acids is 2. The molecular weight excluding hydrogens is 388 g/mol. The van der Waals surface area contributed by atoms with Crippen molar-refractivity contribution in [3.05, 3.63) is 27.3 Å². The van der Waals surface area contributed by atoms with E-state index < -0.39 is 6.04 Å². The Kier molecular flexibility index (Phi) is 6.50. The van der Waals surface area contributed by atoms with E-state index in [0.29, 0.717) is 22.2 Å². The third-order valence-corrected chi connectivity index (χ3v) is 6.91. The molecule has 2 atom stereocenters. The van der Waals surface area contributed by atoms with Gasteiger partial charge in [0.25, 0.3) is 5.91 Å². The number of hydrogen-bond donors (Lipinski definition) is 1. The zero-order chi connectivity index (χ0) is 18.7. The van der Waals surface area contributed by atoms with Gasteiger partial charge in [-0.25, -0.2) is 0 Å². The third-order valence-electron chi connectivity index (χ3n) is 4.76. The van der Waals surface area contributed by atoms with Gasteiger partial charge in [0.15, 0.2) is 0 Å². The molecule has 1 aromatic rings. The minimum absolute atomic E-state index is 0.0451. The van der Waals surface area contributed by atoms with Crippen LogP contribution < -0.4 is 0 Å². The van der Waals surface area contributed by atoms with Crippen LogP contribution in [0.5, 0.6) is 0 Å². The van der Waals surface area contributed by atoms with Crippen LogP contribution in [0, 0.1) is 0 Å². The van der Waals surface area contributed by atoms with Crippen molar-refractivity contribution >= 4 is 57.5 Å². The normalized spacial score (nSPS) is 23.8. The first-order valence-corrected chi connectivity index (χ1v) is 10.8. The van der Waals surface area contributed by atoms with E-state index in [1.807, 2.05) is 28.5 Å². The van der Waals surface area contributed by atoms with Crippen LogP contribution in [-0.2, 0) is 9.59 Å². The van der Waals surface area contributed by atoms with Crippen molar-refractivity contribution in [2.75, 3.05) is 13.2 Å². The second-order valence-corrected chi connectivity index (χ2v) is 9.09. The van der Waals surface area contributed by atoms with Gasteiger partial charge in [0, 0.05) is 24.1 Å². The van der Waals surface area contributed by atoms with Crippen molar-refractivity contribution in [1.29, 1.82) is 0 Å². The molecule has 2 saturated heterocycles. The van der Waals surface area contributed by atoms with Crippen molar-refractivity contribution in [2.24, 2.45) is 0 Å². The Hall–Kier alpha value is -1.22. The molecule has 2 aliphatic rings. The molecule has 0 bridgehead atoms. The number of rotatable bonds is 5. The smallest absolute Gasteiger partial charge is 0.266 e. The summed E-state index contributed by atoms with van der Waals surface area (Å²) in [5.74, 6) is -0.290. The second kappa shape index (κ2) is 8.65. The van der Waals surface area contributed by atoms with Gasteiger partial charge in [0.05, 0.1) is 4.91 Å². The fraction of sp³-hybridized carbons (Fsp3) is 0.500. The number of piperidine rings is 1. The van der Waals surface area contributed by atoms with Gasteiger partial charge in [-0.3, -0.25) is 14.5 Å². The molecule has 26 heavy (non-hydrogen) atoms. The molecule has 0 radical (unpaired) electrons. The summed E-state index contributed by atoms with van der Waals surface area (Å²) in [4.78, 5) is 30.7. The highest BCUT2D eigenvalue weighted by Crippen LogP contribution is 2.35. The first-order chi connectivity index (χ1) is 12.5. The summed E-state index contributed by atoms with van der Waals surface area (Å²) in [5, 5.41) is 11.2. The van der Waals surface area contributed by atoms with Crippen LogP contribution in [0.2, 0.25) is 0 Å². The van der Waals surface area contributed by atoms with Gasteiger partial charge < -0.3 is 10.0 Å². The number of thiocarbonyl (C=S) groups is 1. The molecule has 0 spiro atoms. The Morgan fingerprint density at radius 1 is 1.50 bits per heavy atom. The Morgan fingerprint density at radius 3 is 3.00 bits per heavy atom. The van der Waals surface area contributed by atoms with Crippen molar-refractivity contribution in [2.45, 2.75) is 44.7 Å². The molecular formula is C18H22N2O3S3. The number of thiophene rings is 1. The van der Waals surface area contributed by atoms with Gasteiger partial charge in [0.1, 0.15) is 10.4 Å². The fourth-order valence-corrected chi connectivity index (χ4v) is 5.55. The second-order valence-electron chi connectivity index (χ2n) is 6.44. The molecule has 8 heteroatoms. The molecule has 0 aliphatic carbocycles. The molecule has 3 heterocycles. The Morgan fingerprint density at radius 2 is 2.31 bits per heavy atom. The first-order valence-electron chi connectivity index (χ1n) is 8.75. The van der Waals surface area contributed by atoms with Gasteiger partial charge in [-0.05, 0) is 50.1 Å². The minimum atomic E-state index is -0.629. The van der Waals surface area contributed by atoms with Crippen LogP contribution in [0.25, 0.3) is 6.08 Å². The number of aliphatic hydroxyl groups excluding tert-OH is 1. The number of nitrogens with zero attached hydrogens (tertiary/aromatic N) is 2. The first kappa shape index (κ1) is 19.5. The predicted molar refractivity (Wildman–Crippen MR) is 110 cm³/mol. The van der Waals surface area contributed by atoms with E-state index in [1.165, 1.54) is 16.7 Å². The molecule has 3 rings (SSSR count). The Labute approximate surface area is 167 Å². The average molecular weight is 411 g/mol. The van der Waals surface area contributed by atoms with E-state index in [-0.39, 0.29) is 24.5 Å². The zero-order valence-electron chi connectivity index (χ0n) is 14.6. The summed E-state index contributed by atoms with van der Waals surface area (Å²) < 4.78 is 0.425. The highest BCUT2D eigenvalue weighted by atomic mass is 32.2. The molecule has 0 aromatic carbocycles. The summed E-state index contributed by atoms with van der Waals surface area (Å²) in [7, 11) is 0. The summed E-state index contributed by atoms with van der Waals surface area (Å²) in [6.07, 6.45) is 5.33. The molecule has 5 nitrogen and oxygen atoms in total. The third kappa shape index (κ3) is 4.03. The van der Waals surface area contributed by atoms with E-state index in [4.69, 9.17) is 12.2 Å². The topological polar surface area (TPSA) is 60.9 Å². The lowest BCUT2D eigenvalue weighted by molar-refractivity contribution is -0.142. The van der Waals surface area contributed by atoms with Crippen LogP contribution in [0.1, 0.15) is 37.5 Å². The SMILES string of the molecule is C[C@@H](C(=O)N1CCCC[C@H]1CCO)N1C(=O)/C(=C/c2cccs2)SC1=S. The monoisotopic (exact) mass is 410 g/mol. The van der Waals surface area contributed by atoms with Gasteiger partial charge >= 0.3 is 0 Å². The van der Waals surface area contributed by atoms with Crippen LogP contribution in [0.15, 0.2) is 22.4 Å². The van der Waals surface area contributed by atoms with Crippen LogP contribution >= 0.6 is 35.3 Å². The van der Waals surface area contributed by atoms with E-state index in [0.717, 1.165) is 24.1 Å². The zero-order valence-corrected chi connectivity index (χ0v) is 17.0. The lowest BCUT2D eigenvalue weighted by Gasteiger charge is -2.38. The van der Waals surface area contributed by atoms with Gasteiger partial charge in [0.2, 0.25) is 5.91 Å². The van der Waals surface area contributed by atoms with Crippen molar-refractivity contribution < 1.29 is 14.7 Å². The number of aliphatic hydroxyl groups is 1. The van der Waals surface area contributed by atoms with Crippen LogP contribution in [-0.4, -0.2) is 56.3 Å². The molecule has 0 saturated carbocycles. The summed E-state index contributed by atoms with van der Waals surface area (Å²) >= 11 is 8.19. The number of hydrogen-bond acceptors (Lipinski definition) is 6. The average Bonchev–Trinajstić information content (AvgIpc) is 3.23. The number of carbonyl (C=O) groups is 2. The van der Waals surface area contributed by atoms with E-state index in [9.17, 15) is 14.7 Å².